The number of ketones is 1. The fraction of sp³-hybridized carbons (Fsp3) is 0.333. The molecule has 2 aromatic carbocycles. The Bertz CT molecular complexity index is 1220. The van der Waals surface area contributed by atoms with Crippen molar-refractivity contribution in [3.8, 4) is 22.8 Å². The minimum absolute atomic E-state index is 0.0136. The Morgan fingerprint density at radius 2 is 1.76 bits per heavy atom. The minimum atomic E-state index is -4.47. The fourth-order valence-corrected chi connectivity index (χ4v) is 4.29. The van der Waals surface area contributed by atoms with E-state index in [1.807, 2.05) is 6.07 Å². The van der Waals surface area contributed by atoms with Gasteiger partial charge in [0.2, 0.25) is 0 Å². The molecule has 5 nitrogen and oxygen atoms in total. The summed E-state index contributed by atoms with van der Waals surface area (Å²) in [6.07, 6.45) is 0.627. The second kappa shape index (κ2) is 9.47. The first kappa shape index (κ1) is 23.2. The van der Waals surface area contributed by atoms with Crippen molar-refractivity contribution in [1.82, 2.24) is 15.0 Å². The summed E-state index contributed by atoms with van der Waals surface area (Å²) in [5.41, 5.74) is 0.0863. The molecule has 0 unspecified atom stereocenters. The third-order valence-corrected chi connectivity index (χ3v) is 6.21. The van der Waals surface area contributed by atoms with Crippen molar-refractivity contribution in [2.24, 2.45) is 5.92 Å². The molecule has 33 heavy (non-hydrogen) atoms. The Balaban J connectivity index is 1.59. The van der Waals surface area contributed by atoms with E-state index < -0.39 is 17.4 Å². The fourth-order valence-electron chi connectivity index (χ4n) is 4.08. The second-order valence-electron chi connectivity index (χ2n) is 8.16. The Morgan fingerprint density at radius 3 is 2.42 bits per heavy atom. The van der Waals surface area contributed by atoms with Gasteiger partial charge < -0.3 is 0 Å². The van der Waals surface area contributed by atoms with Gasteiger partial charge in [0.15, 0.2) is 5.82 Å². The third kappa shape index (κ3) is 5.50. The summed E-state index contributed by atoms with van der Waals surface area (Å²) in [5, 5.41) is 0.341. The first-order valence-corrected chi connectivity index (χ1v) is 11.1. The highest BCUT2D eigenvalue weighted by Gasteiger charge is 2.30. The summed E-state index contributed by atoms with van der Waals surface area (Å²) < 4.78 is 38.5. The zero-order chi connectivity index (χ0) is 23.6. The number of rotatable bonds is 6. The summed E-state index contributed by atoms with van der Waals surface area (Å²) >= 11 is 6.34. The Morgan fingerprint density at radius 1 is 1.06 bits per heavy atom. The first-order valence-electron chi connectivity index (χ1n) is 10.7. The van der Waals surface area contributed by atoms with Crippen molar-refractivity contribution >= 4 is 17.4 Å². The predicted molar refractivity (Wildman–Crippen MR) is 119 cm³/mol. The molecule has 1 fully saturated rings. The van der Waals surface area contributed by atoms with E-state index in [0.717, 1.165) is 43.4 Å². The number of hydrogen-bond acceptors (Lipinski definition) is 4. The Labute approximate surface area is 193 Å². The molecule has 1 aromatic heterocycles. The van der Waals surface area contributed by atoms with Crippen LogP contribution in [-0.2, 0) is 17.4 Å². The molecule has 1 saturated carbocycles. The smallest absolute Gasteiger partial charge is 0.299 e. The van der Waals surface area contributed by atoms with Gasteiger partial charge >= 0.3 is 11.9 Å². The van der Waals surface area contributed by atoms with Crippen LogP contribution >= 0.6 is 11.6 Å². The van der Waals surface area contributed by atoms with Crippen molar-refractivity contribution in [3.63, 3.8) is 0 Å². The van der Waals surface area contributed by atoms with Gasteiger partial charge in [-0.05, 0) is 49.1 Å². The van der Waals surface area contributed by atoms with Gasteiger partial charge in [-0.15, -0.1) is 0 Å². The van der Waals surface area contributed by atoms with E-state index in [-0.39, 0.29) is 28.9 Å². The molecule has 1 N–H and O–H groups in total. The summed E-state index contributed by atoms with van der Waals surface area (Å²) in [5.74, 6) is 0.560. The van der Waals surface area contributed by atoms with Gasteiger partial charge in [0.1, 0.15) is 11.6 Å². The van der Waals surface area contributed by atoms with E-state index in [1.165, 1.54) is 12.1 Å². The summed E-state index contributed by atoms with van der Waals surface area (Å²) in [6.45, 7) is 0. The monoisotopic (exact) mass is 475 g/mol. The van der Waals surface area contributed by atoms with Crippen LogP contribution in [0.1, 0.15) is 43.2 Å². The van der Waals surface area contributed by atoms with Crippen LogP contribution in [0.15, 0.2) is 47.3 Å². The SMILES string of the molecule is O=C(CCc1ccc(Cl)c(-c2nc(-c3ccc(C(F)(F)F)cc3)nc(=O)[nH]2)c1)C1CCCC1. The van der Waals surface area contributed by atoms with Gasteiger partial charge in [0.25, 0.3) is 0 Å². The molecule has 0 amide bonds. The number of carbonyl (C=O) groups is 1. The average molecular weight is 476 g/mol. The molecule has 9 heteroatoms. The van der Waals surface area contributed by atoms with Gasteiger partial charge in [-0.1, -0.05) is 42.6 Å². The molecule has 0 atom stereocenters. The highest BCUT2D eigenvalue weighted by atomic mass is 35.5. The Kier molecular flexibility index (Phi) is 6.65. The van der Waals surface area contributed by atoms with Crippen molar-refractivity contribution in [2.75, 3.05) is 0 Å². The first-order chi connectivity index (χ1) is 15.7. The summed E-state index contributed by atoms with van der Waals surface area (Å²) in [7, 11) is 0. The van der Waals surface area contributed by atoms with E-state index in [1.54, 1.807) is 12.1 Å². The lowest BCUT2D eigenvalue weighted by molar-refractivity contribution is -0.137. The maximum Gasteiger partial charge on any atom is 0.416 e. The maximum atomic E-state index is 12.8. The van der Waals surface area contributed by atoms with E-state index in [2.05, 4.69) is 15.0 Å². The van der Waals surface area contributed by atoms with Crippen LogP contribution in [0.2, 0.25) is 5.02 Å². The van der Waals surface area contributed by atoms with Crippen molar-refractivity contribution in [2.45, 2.75) is 44.7 Å². The van der Waals surface area contributed by atoms with Gasteiger partial charge in [-0.3, -0.25) is 9.78 Å². The highest BCUT2D eigenvalue weighted by molar-refractivity contribution is 6.33. The predicted octanol–water partition coefficient (Wildman–Crippen LogP) is 5.86. The topological polar surface area (TPSA) is 75.7 Å². The van der Waals surface area contributed by atoms with Crippen LogP contribution in [0.3, 0.4) is 0 Å². The molecule has 0 aliphatic heterocycles. The third-order valence-electron chi connectivity index (χ3n) is 5.88. The zero-order valence-corrected chi connectivity index (χ0v) is 18.3. The molecule has 1 heterocycles. The molecule has 0 saturated heterocycles. The molecule has 3 aromatic rings. The molecule has 0 spiro atoms. The maximum absolute atomic E-state index is 12.8. The second-order valence-corrected chi connectivity index (χ2v) is 8.57. The number of Topliss-reactive ketones (excluding diaryl/α,β-unsaturated/α-hetero) is 1. The van der Waals surface area contributed by atoms with Crippen molar-refractivity contribution < 1.29 is 18.0 Å². The van der Waals surface area contributed by atoms with Crippen LogP contribution in [0.5, 0.6) is 0 Å². The molecule has 172 valence electrons. The number of aryl methyl sites for hydroxylation is 1. The lowest BCUT2D eigenvalue weighted by Crippen LogP contribution is -2.15. The lowest BCUT2D eigenvalue weighted by Gasteiger charge is -2.10. The van der Waals surface area contributed by atoms with E-state index >= 15 is 0 Å². The number of H-pyrrole nitrogens is 1. The van der Waals surface area contributed by atoms with Gasteiger partial charge in [0.05, 0.1) is 10.6 Å². The van der Waals surface area contributed by atoms with E-state index in [9.17, 15) is 22.8 Å². The van der Waals surface area contributed by atoms with Crippen LogP contribution < -0.4 is 5.69 Å². The summed E-state index contributed by atoms with van der Waals surface area (Å²) in [4.78, 5) is 35.2. The largest absolute Gasteiger partial charge is 0.416 e. The number of benzene rings is 2. The highest BCUT2D eigenvalue weighted by Crippen LogP contribution is 2.32. The van der Waals surface area contributed by atoms with Gasteiger partial charge in [-0.2, -0.15) is 18.2 Å². The Hall–Kier alpha value is -3.00. The zero-order valence-electron chi connectivity index (χ0n) is 17.6. The van der Waals surface area contributed by atoms with Crippen LogP contribution in [0, 0.1) is 5.92 Å². The van der Waals surface area contributed by atoms with E-state index in [4.69, 9.17) is 11.6 Å². The number of aromatic amines is 1. The number of aromatic nitrogens is 3. The normalized spacial score (nSPS) is 14.5. The molecular formula is C24H21ClF3N3O2. The molecule has 1 aliphatic rings. The number of nitrogens with zero attached hydrogens (tertiary/aromatic N) is 2. The number of carbonyl (C=O) groups excluding carboxylic acids is 1. The molecule has 1 aliphatic carbocycles. The number of halogens is 4. The average Bonchev–Trinajstić information content (AvgIpc) is 3.32. The minimum Gasteiger partial charge on any atom is -0.299 e. The molecule has 4 rings (SSSR count). The van der Waals surface area contributed by atoms with Crippen LogP contribution in [0.4, 0.5) is 13.2 Å². The number of hydrogen-bond donors (Lipinski definition) is 1. The van der Waals surface area contributed by atoms with Crippen molar-refractivity contribution in [3.05, 3.63) is 69.1 Å². The van der Waals surface area contributed by atoms with Gasteiger partial charge in [0, 0.05) is 23.5 Å². The van der Waals surface area contributed by atoms with Crippen LogP contribution in [0.25, 0.3) is 22.8 Å². The number of alkyl halides is 3. The quantitative estimate of drug-likeness (QED) is 0.484. The standard InChI is InChI=1S/C24H21ClF3N3O2/c25-19-11-5-14(6-12-20(32)15-3-1-2-4-15)13-18(19)22-29-21(30-23(33)31-22)16-7-9-17(10-8-16)24(26,27)28/h5,7-11,13,15H,1-4,6,12H2,(H,29,30,31,33). The number of nitrogens with one attached hydrogen (secondary N) is 1. The lowest BCUT2D eigenvalue weighted by atomic mass is 9.96. The molecule has 0 radical (unpaired) electrons. The van der Waals surface area contributed by atoms with E-state index in [0.29, 0.717) is 23.4 Å². The molecule has 0 bridgehead atoms. The van der Waals surface area contributed by atoms with Crippen LogP contribution in [-0.4, -0.2) is 20.7 Å². The van der Waals surface area contributed by atoms with Crippen molar-refractivity contribution in [1.29, 1.82) is 0 Å². The van der Waals surface area contributed by atoms with Gasteiger partial charge in [-0.25, -0.2) is 9.78 Å². The molecular weight excluding hydrogens is 455 g/mol. The summed E-state index contributed by atoms with van der Waals surface area (Å²) in [6, 6.07) is 9.51.